The van der Waals surface area contributed by atoms with E-state index in [2.05, 4.69) is 21.2 Å². The first-order valence-electron chi connectivity index (χ1n) is 6.98. The predicted molar refractivity (Wildman–Crippen MR) is 81.0 cm³/mol. The van der Waals surface area contributed by atoms with Crippen LogP contribution in [0.1, 0.15) is 32.3 Å². The summed E-state index contributed by atoms with van der Waals surface area (Å²) < 4.78 is 14.1. The fraction of sp³-hybridized carbons (Fsp3) is 0.467. The zero-order valence-corrected chi connectivity index (χ0v) is 13.6. The molecule has 1 aromatic rings. The molecule has 114 valence electrons. The largest absolute Gasteiger partial charge is 0.343 e. The minimum Gasteiger partial charge on any atom is -0.343 e. The lowest BCUT2D eigenvalue weighted by atomic mass is 10.0. The van der Waals surface area contributed by atoms with Crippen molar-refractivity contribution in [2.24, 2.45) is 0 Å². The van der Waals surface area contributed by atoms with Crippen molar-refractivity contribution in [2.45, 2.75) is 45.3 Å². The van der Waals surface area contributed by atoms with E-state index in [0.717, 1.165) is 6.42 Å². The Morgan fingerprint density at radius 2 is 2.05 bits per heavy atom. The van der Waals surface area contributed by atoms with Gasteiger partial charge in [0.15, 0.2) is 0 Å². The summed E-state index contributed by atoms with van der Waals surface area (Å²) in [6.07, 6.45) is 1.39. The topological polar surface area (TPSA) is 49.4 Å². The Labute approximate surface area is 131 Å². The van der Waals surface area contributed by atoms with Gasteiger partial charge in [-0.1, -0.05) is 29.3 Å². The number of carbonyl (C=O) groups excluding carboxylic acids is 2. The summed E-state index contributed by atoms with van der Waals surface area (Å²) >= 11 is 3.24. The monoisotopic (exact) mass is 356 g/mol. The predicted octanol–water partition coefficient (Wildman–Crippen LogP) is 2.60. The molecule has 0 aromatic heterocycles. The number of hydrogen-bond acceptors (Lipinski definition) is 2. The Hall–Kier alpha value is -1.43. The van der Waals surface area contributed by atoms with Crippen molar-refractivity contribution in [2.75, 3.05) is 0 Å². The highest BCUT2D eigenvalue weighted by Crippen LogP contribution is 2.21. The third-order valence-electron chi connectivity index (χ3n) is 3.53. The molecule has 6 heteroatoms. The first-order chi connectivity index (χ1) is 9.92. The van der Waals surface area contributed by atoms with Crippen LogP contribution < -0.4 is 5.32 Å². The third-order valence-corrected chi connectivity index (χ3v) is 3.99. The van der Waals surface area contributed by atoms with Gasteiger partial charge in [-0.15, -0.1) is 0 Å². The van der Waals surface area contributed by atoms with Crippen molar-refractivity contribution in [1.82, 2.24) is 10.2 Å². The van der Waals surface area contributed by atoms with Gasteiger partial charge in [-0.2, -0.15) is 0 Å². The molecule has 1 fully saturated rings. The molecule has 0 spiro atoms. The van der Waals surface area contributed by atoms with Gasteiger partial charge >= 0.3 is 0 Å². The Balaban J connectivity index is 2.27. The molecule has 1 N–H and O–H groups in total. The molecule has 2 amide bonds. The van der Waals surface area contributed by atoms with Crippen LogP contribution in [-0.4, -0.2) is 28.8 Å². The van der Waals surface area contributed by atoms with Gasteiger partial charge in [0.1, 0.15) is 17.9 Å². The number of amides is 2. The molecule has 2 rings (SSSR count). The van der Waals surface area contributed by atoms with Crippen LogP contribution in [0.4, 0.5) is 4.39 Å². The van der Waals surface area contributed by atoms with Gasteiger partial charge in [-0.25, -0.2) is 4.39 Å². The zero-order valence-electron chi connectivity index (χ0n) is 12.0. The van der Waals surface area contributed by atoms with Crippen molar-refractivity contribution in [3.8, 4) is 0 Å². The number of carbonyl (C=O) groups is 2. The number of halogens is 2. The molecule has 0 aliphatic carbocycles. The quantitative estimate of drug-likeness (QED) is 0.901. The maximum absolute atomic E-state index is 13.5. The van der Waals surface area contributed by atoms with Crippen LogP contribution in [0.15, 0.2) is 22.7 Å². The summed E-state index contributed by atoms with van der Waals surface area (Å²) in [5, 5.41) is 2.69. The maximum Gasteiger partial charge on any atom is 0.245 e. The Morgan fingerprint density at radius 3 is 2.67 bits per heavy atom. The molecule has 21 heavy (non-hydrogen) atoms. The van der Waals surface area contributed by atoms with Crippen molar-refractivity contribution in [1.29, 1.82) is 0 Å². The molecule has 4 nitrogen and oxygen atoms in total. The van der Waals surface area contributed by atoms with Gasteiger partial charge in [0.2, 0.25) is 11.8 Å². The number of piperazine rings is 1. The second kappa shape index (κ2) is 6.56. The highest BCUT2D eigenvalue weighted by Gasteiger charge is 2.37. The molecule has 1 aliphatic heterocycles. The van der Waals surface area contributed by atoms with E-state index in [1.807, 2.05) is 6.92 Å². The van der Waals surface area contributed by atoms with Crippen molar-refractivity contribution in [3.05, 3.63) is 34.1 Å². The van der Waals surface area contributed by atoms with E-state index in [1.54, 1.807) is 17.9 Å². The van der Waals surface area contributed by atoms with Crippen LogP contribution in [-0.2, 0) is 16.1 Å². The highest BCUT2D eigenvalue weighted by molar-refractivity contribution is 9.10. The normalized spacial score (nSPS) is 22.4. The molecule has 1 aliphatic rings. The van der Waals surface area contributed by atoms with Crippen LogP contribution in [0.25, 0.3) is 0 Å². The van der Waals surface area contributed by atoms with Crippen LogP contribution in [0.5, 0.6) is 0 Å². The van der Waals surface area contributed by atoms with Crippen molar-refractivity contribution in [3.63, 3.8) is 0 Å². The maximum atomic E-state index is 13.5. The number of nitrogens with zero attached hydrogens (tertiary/aromatic N) is 1. The van der Waals surface area contributed by atoms with Gasteiger partial charge in [0.05, 0.1) is 0 Å². The molecule has 2 unspecified atom stereocenters. The van der Waals surface area contributed by atoms with Crippen molar-refractivity contribution >= 4 is 27.7 Å². The first kappa shape index (κ1) is 15.9. The number of rotatable bonds is 4. The van der Waals surface area contributed by atoms with E-state index >= 15 is 0 Å². The standard InChI is InChI=1S/C15H18BrFN2O2/c1-3-4-13-14(20)18-9(2)15(21)19(13)8-10-5-11(16)7-12(17)6-10/h5-7,9,13H,3-4,8H2,1-2H3,(H,18,20). The number of nitrogens with one attached hydrogen (secondary N) is 1. The fourth-order valence-corrected chi connectivity index (χ4v) is 3.08. The van der Waals surface area contributed by atoms with Crippen LogP contribution in [0.3, 0.4) is 0 Å². The van der Waals surface area contributed by atoms with Crippen LogP contribution in [0, 0.1) is 5.82 Å². The molecule has 1 heterocycles. The second-order valence-corrected chi connectivity index (χ2v) is 6.19. The SMILES string of the molecule is CCCC1C(=O)NC(C)C(=O)N1Cc1cc(F)cc(Br)c1. The average Bonchev–Trinajstić information content (AvgIpc) is 2.39. The van der Waals surface area contributed by atoms with E-state index in [1.165, 1.54) is 12.1 Å². The average molecular weight is 357 g/mol. The number of benzene rings is 1. The summed E-state index contributed by atoms with van der Waals surface area (Å²) in [6.45, 7) is 3.86. The summed E-state index contributed by atoms with van der Waals surface area (Å²) in [7, 11) is 0. The molecular weight excluding hydrogens is 339 g/mol. The number of hydrogen-bond donors (Lipinski definition) is 1. The molecule has 0 radical (unpaired) electrons. The lowest BCUT2D eigenvalue weighted by Crippen LogP contribution is -2.61. The molecule has 0 bridgehead atoms. The van der Waals surface area contributed by atoms with Crippen LogP contribution >= 0.6 is 15.9 Å². The van der Waals surface area contributed by atoms with Crippen molar-refractivity contribution < 1.29 is 14.0 Å². The second-order valence-electron chi connectivity index (χ2n) is 5.28. The summed E-state index contributed by atoms with van der Waals surface area (Å²) in [5.74, 6) is -0.638. The Bertz CT molecular complexity index is 544. The highest BCUT2D eigenvalue weighted by atomic mass is 79.9. The smallest absolute Gasteiger partial charge is 0.245 e. The fourth-order valence-electron chi connectivity index (χ4n) is 2.56. The summed E-state index contributed by atoms with van der Waals surface area (Å²) in [4.78, 5) is 26.0. The Kier molecular flexibility index (Phi) is 4.98. The molecule has 1 saturated heterocycles. The molecule has 0 saturated carbocycles. The molecule has 1 aromatic carbocycles. The first-order valence-corrected chi connectivity index (χ1v) is 7.77. The van der Waals surface area contributed by atoms with E-state index in [9.17, 15) is 14.0 Å². The van der Waals surface area contributed by atoms with Gasteiger partial charge < -0.3 is 10.2 Å². The summed E-state index contributed by atoms with van der Waals surface area (Å²) in [5.41, 5.74) is 0.665. The minimum absolute atomic E-state index is 0.131. The molecule has 2 atom stereocenters. The Morgan fingerprint density at radius 1 is 1.33 bits per heavy atom. The molecular formula is C15H18BrFN2O2. The zero-order chi connectivity index (χ0) is 15.6. The van der Waals surface area contributed by atoms with Gasteiger partial charge in [-0.05, 0) is 37.1 Å². The third kappa shape index (κ3) is 3.61. The van der Waals surface area contributed by atoms with Crippen LogP contribution in [0.2, 0.25) is 0 Å². The van der Waals surface area contributed by atoms with E-state index in [-0.39, 0.29) is 24.2 Å². The lowest BCUT2D eigenvalue weighted by Gasteiger charge is -2.38. The van der Waals surface area contributed by atoms with E-state index in [0.29, 0.717) is 16.5 Å². The van der Waals surface area contributed by atoms with E-state index in [4.69, 9.17) is 0 Å². The van der Waals surface area contributed by atoms with E-state index < -0.39 is 12.1 Å². The minimum atomic E-state index is -0.539. The lowest BCUT2D eigenvalue weighted by molar-refractivity contribution is -0.149. The van der Waals surface area contributed by atoms with Gasteiger partial charge in [0, 0.05) is 11.0 Å². The van der Waals surface area contributed by atoms with Gasteiger partial charge in [-0.3, -0.25) is 9.59 Å². The summed E-state index contributed by atoms with van der Waals surface area (Å²) in [6, 6.07) is 3.48. The van der Waals surface area contributed by atoms with Gasteiger partial charge in [0.25, 0.3) is 0 Å².